The highest BCUT2D eigenvalue weighted by molar-refractivity contribution is 5.94. The van der Waals surface area contributed by atoms with Gasteiger partial charge in [0.05, 0.1) is 12.2 Å². The largest absolute Gasteiger partial charge is 0.384 e. The maximum absolute atomic E-state index is 12.0. The maximum Gasteiger partial charge on any atom is 0.255 e. The van der Waals surface area contributed by atoms with Gasteiger partial charge in [-0.1, -0.05) is 0 Å². The Bertz CT molecular complexity index is 338. The fraction of sp³-hybridized carbons (Fsp3) is 0.455. The number of pyridine rings is 1. The zero-order valence-corrected chi connectivity index (χ0v) is 9.64. The molecule has 0 aromatic carbocycles. The lowest BCUT2D eigenvalue weighted by Gasteiger charge is -2.20. The molecule has 0 saturated heterocycles. The topological polar surface area (TPSA) is 68.5 Å². The van der Waals surface area contributed by atoms with E-state index in [-0.39, 0.29) is 5.91 Å². The number of methoxy groups -OCH3 is 1. The molecular formula is C11H17N3O2. The van der Waals surface area contributed by atoms with Gasteiger partial charge in [-0.2, -0.15) is 0 Å². The Labute approximate surface area is 95.2 Å². The summed E-state index contributed by atoms with van der Waals surface area (Å²) in [7, 11) is 1.61. The number of aromatic nitrogens is 1. The second kappa shape index (κ2) is 6.07. The molecule has 0 saturated carbocycles. The summed E-state index contributed by atoms with van der Waals surface area (Å²) in [5.74, 6) is 0.364. The Morgan fingerprint density at radius 3 is 2.81 bits per heavy atom. The van der Waals surface area contributed by atoms with Gasteiger partial charge in [-0.3, -0.25) is 4.79 Å². The van der Waals surface area contributed by atoms with Gasteiger partial charge in [0.15, 0.2) is 0 Å². The van der Waals surface area contributed by atoms with E-state index in [1.807, 2.05) is 6.92 Å². The second-order valence-electron chi connectivity index (χ2n) is 3.35. The molecule has 0 spiro atoms. The standard InChI is InChI=1S/C11H17N3O2/c1-3-14(6-7-16-2)11(15)9-4-5-10(12)13-8-9/h4-5,8H,3,6-7H2,1-2H3,(H2,12,13). The van der Waals surface area contributed by atoms with Crippen molar-refractivity contribution in [2.45, 2.75) is 6.92 Å². The molecule has 2 N–H and O–H groups in total. The molecule has 1 amide bonds. The van der Waals surface area contributed by atoms with E-state index in [2.05, 4.69) is 4.98 Å². The zero-order chi connectivity index (χ0) is 12.0. The molecule has 1 aromatic heterocycles. The molecule has 5 heteroatoms. The lowest BCUT2D eigenvalue weighted by Crippen LogP contribution is -2.33. The van der Waals surface area contributed by atoms with E-state index < -0.39 is 0 Å². The van der Waals surface area contributed by atoms with Gasteiger partial charge >= 0.3 is 0 Å². The fourth-order valence-corrected chi connectivity index (χ4v) is 1.32. The van der Waals surface area contributed by atoms with Crippen LogP contribution in [-0.4, -0.2) is 42.6 Å². The molecule has 1 aromatic rings. The lowest BCUT2D eigenvalue weighted by atomic mass is 10.2. The van der Waals surface area contributed by atoms with Gasteiger partial charge in [0.25, 0.3) is 5.91 Å². The maximum atomic E-state index is 12.0. The third-order valence-electron chi connectivity index (χ3n) is 2.27. The van der Waals surface area contributed by atoms with Crippen LogP contribution in [0.1, 0.15) is 17.3 Å². The molecule has 0 radical (unpaired) electrons. The van der Waals surface area contributed by atoms with Crippen LogP contribution in [0.25, 0.3) is 0 Å². The number of ether oxygens (including phenoxy) is 1. The van der Waals surface area contributed by atoms with Gasteiger partial charge < -0.3 is 15.4 Å². The number of nitrogens with zero attached hydrogens (tertiary/aromatic N) is 2. The van der Waals surface area contributed by atoms with Crippen LogP contribution < -0.4 is 5.73 Å². The van der Waals surface area contributed by atoms with Crippen molar-refractivity contribution in [3.8, 4) is 0 Å². The van der Waals surface area contributed by atoms with E-state index in [1.165, 1.54) is 6.20 Å². The monoisotopic (exact) mass is 223 g/mol. The first-order chi connectivity index (χ1) is 7.69. The van der Waals surface area contributed by atoms with Crippen molar-refractivity contribution in [1.82, 2.24) is 9.88 Å². The van der Waals surface area contributed by atoms with Crippen LogP contribution >= 0.6 is 0 Å². The van der Waals surface area contributed by atoms with Crippen LogP contribution in [0.4, 0.5) is 5.82 Å². The number of carbonyl (C=O) groups is 1. The highest BCUT2D eigenvalue weighted by Crippen LogP contribution is 2.05. The quantitative estimate of drug-likeness (QED) is 0.800. The molecule has 0 aliphatic carbocycles. The average Bonchev–Trinajstić information content (AvgIpc) is 2.30. The van der Waals surface area contributed by atoms with Crippen LogP contribution in [0.2, 0.25) is 0 Å². The Morgan fingerprint density at radius 2 is 2.31 bits per heavy atom. The summed E-state index contributed by atoms with van der Waals surface area (Å²) in [6.07, 6.45) is 1.49. The van der Waals surface area contributed by atoms with Crippen LogP contribution in [0, 0.1) is 0 Å². The van der Waals surface area contributed by atoms with Crippen molar-refractivity contribution in [1.29, 1.82) is 0 Å². The van der Waals surface area contributed by atoms with Gasteiger partial charge in [0.2, 0.25) is 0 Å². The highest BCUT2D eigenvalue weighted by atomic mass is 16.5. The minimum Gasteiger partial charge on any atom is -0.384 e. The van der Waals surface area contributed by atoms with Crippen LogP contribution in [-0.2, 0) is 4.74 Å². The first kappa shape index (κ1) is 12.4. The molecule has 0 aliphatic heterocycles. The average molecular weight is 223 g/mol. The number of likely N-dealkylation sites (N-methyl/N-ethyl adjacent to an activating group) is 1. The molecule has 0 atom stereocenters. The summed E-state index contributed by atoms with van der Waals surface area (Å²) >= 11 is 0. The summed E-state index contributed by atoms with van der Waals surface area (Å²) in [5, 5.41) is 0. The number of hydrogen-bond donors (Lipinski definition) is 1. The molecular weight excluding hydrogens is 206 g/mol. The van der Waals surface area contributed by atoms with E-state index in [0.29, 0.717) is 31.1 Å². The van der Waals surface area contributed by atoms with Gasteiger partial charge in [0, 0.05) is 26.4 Å². The minimum atomic E-state index is -0.0490. The highest BCUT2D eigenvalue weighted by Gasteiger charge is 2.13. The van der Waals surface area contributed by atoms with Crippen LogP contribution in [0.15, 0.2) is 18.3 Å². The van der Waals surface area contributed by atoms with Crippen molar-refractivity contribution in [2.75, 3.05) is 32.5 Å². The Hall–Kier alpha value is -1.62. The fourth-order valence-electron chi connectivity index (χ4n) is 1.32. The number of rotatable bonds is 5. The van der Waals surface area contributed by atoms with Crippen LogP contribution in [0.5, 0.6) is 0 Å². The zero-order valence-electron chi connectivity index (χ0n) is 9.64. The van der Waals surface area contributed by atoms with Gasteiger partial charge in [-0.25, -0.2) is 4.98 Å². The molecule has 0 bridgehead atoms. The molecule has 0 fully saturated rings. The summed E-state index contributed by atoms with van der Waals surface area (Å²) < 4.78 is 4.95. The van der Waals surface area contributed by atoms with Gasteiger partial charge in [-0.15, -0.1) is 0 Å². The third kappa shape index (κ3) is 3.20. The normalized spacial score (nSPS) is 10.1. The molecule has 0 unspecified atom stereocenters. The number of carbonyl (C=O) groups excluding carboxylic acids is 1. The predicted molar refractivity (Wildman–Crippen MR) is 62.1 cm³/mol. The van der Waals surface area contributed by atoms with E-state index in [9.17, 15) is 4.79 Å². The lowest BCUT2D eigenvalue weighted by molar-refractivity contribution is 0.0706. The Kier molecular flexibility index (Phi) is 4.72. The third-order valence-corrected chi connectivity index (χ3v) is 2.27. The van der Waals surface area contributed by atoms with Gasteiger partial charge in [0.1, 0.15) is 5.82 Å². The minimum absolute atomic E-state index is 0.0490. The van der Waals surface area contributed by atoms with Crippen molar-refractivity contribution in [3.05, 3.63) is 23.9 Å². The van der Waals surface area contributed by atoms with Gasteiger partial charge in [-0.05, 0) is 19.1 Å². The van der Waals surface area contributed by atoms with E-state index in [1.54, 1.807) is 24.1 Å². The predicted octanol–water partition coefficient (Wildman–Crippen LogP) is 0.772. The number of nitrogen functional groups attached to an aromatic ring is 1. The second-order valence-corrected chi connectivity index (χ2v) is 3.35. The Balaban J connectivity index is 2.70. The molecule has 0 aliphatic rings. The van der Waals surface area contributed by atoms with E-state index in [4.69, 9.17) is 10.5 Å². The summed E-state index contributed by atoms with van der Waals surface area (Å²) in [4.78, 5) is 17.6. The molecule has 88 valence electrons. The molecule has 1 heterocycles. The van der Waals surface area contributed by atoms with Crippen molar-refractivity contribution >= 4 is 11.7 Å². The first-order valence-corrected chi connectivity index (χ1v) is 5.18. The van der Waals surface area contributed by atoms with Crippen molar-refractivity contribution < 1.29 is 9.53 Å². The number of hydrogen-bond acceptors (Lipinski definition) is 4. The summed E-state index contributed by atoms with van der Waals surface area (Å²) in [6, 6.07) is 3.30. The first-order valence-electron chi connectivity index (χ1n) is 5.18. The Morgan fingerprint density at radius 1 is 1.56 bits per heavy atom. The van der Waals surface area contributed by atoms with Crippen molar-refractivity contribution in [2.24, 2.45) is 0 Å². The number of anilines is 1. The number of nitrogens with two attached hydrogens (primary N) is 1. The molecule has 16 heavy (non-hydrogen) atoms. The van der Waals surface area contributed by atoms with Crippen molar-refractivity contribution in [3.63, 3.8) is 0 Å². The van der Waals surface area contributed by atoms with E-state index >= 15 is 0 Å². The molecule has 5 nitrogen and oxygen atoms in total. The summed E-state index contributed by atoms with van der Waals surface area (Å²) in [5.41, 5.74) is 6.01. The van der Waals surface area contributed by atoms with E-state index in [0.717, 1.165) is 0 Å². The SMILES string of the molecule is CCN(CCOC)C(=O)c1ccc(N)nc1. The van der Waals surface area contributed by atoms with Crippen LogP contribution in [0.3, 0.4) is 0 Å². The summed E-state index contributed by atoms with van der Waals surface area (Å²) in [6.45, 7) is 3.68. The number of amides is 1. The molecule has 1 rings (SSSR count). The smallest absolute Gasteiger partial charge is 0.255 e.